The Balaban J connectivity index is 1.99. The molecule has 0 unspecified atom stereocenters. The van der Waals surface area contributed by atoms with Crippen LogP contribution in [-0.4, -0.2) is 25.0 Å². The van der Waals surface area contributed by atoms with E-state index in [-0.39, 0.29) is 0 Å². The van der Waals surface area contributed by atoms with E-state index in [1.807, 2.05) is 11.8 Å². The van der Waals surface area contributed by atoms with Gasteiger partial charge >= 0.3 is 0 Å². The van der Waals surface area contributed by atoms with E-state index in [1.54, 1.807) is 0 Å². The third kappa shape index (κ3) is 2.63. The molecule has 0 radical (unpaired) electrons. The van der Waals surface area contributed by atoms with Gasteiger partial charge in [-0.05, 0) is 30.5 Å². The van der Waals surface area contributed by atoms with Crippen LogP contribution in [0.2, 0.25) is 0 Å². The summed E-state index contributed by atoms with van der Waals surface area (Å²) in [5, 5.41) is 0. The van der Waals surface area contributed by atoms with Crippen molar-refractivity contribution in [3.05, 3.63) is 41.3 Å². The van der Waals surface area contributed by atoms with Crippen LogP contribution in [0.25, 0.3) is 0 Å². The molecule has 0 aromatic heterocycles. The van der Waals surface area contributed by atoms with Crippen molar-refractivity contribution in [3.8, 4) is 0 Å². The quantitative estimate of drug-likeness (QED) is 0.730. The zero-order valence-corrected chi connectivity index (χ0v) is 9.26. The third-order valence-corrected chi connectivity index (χ3v) is 3.50. The Morgan fingerprint density at radius 1 is 1.21 bits per heavy atom. The average molecular weight is 205 g/mol. The molecule has 0 atom stereocenters. The van der Waals surface area contributed by atoms with Crippen molar-refractivity contribution in [2.24, 2.45) is 0 Å². The fraction of sp³-hybridized carbons (Fsp3) is 0.333. The summed E-state index contributed by atoms with van der Waals surface area (Å²) in [6.45, 7) is 2.28. The summed E-state index contributed by atoms with van der Waals surface area (Å²) in [5.41, 5.74) is 0. The van der Waals surface area contributed by atoms with E-state index < -0.39 is 0 Å². The number of hydrogen-bond donors (Lipinski definition) is 0. The summed E-state index contributed by atoms with van der Waals surface area (Å²) < 4.78 is 0. The van der Waals surface area contributed by atoms with Gasteiger partial charge in [0.05, 0.1) is 0 Å². The van der Waals surface area contributed by atoms with Gasteiger partial charge in [-0.1, -0.05) is 36.0 Å². The predicted octanol–water partition coefficient (Wildman–Crippen LogP) is 3.00. The van der Waals surface area contributed by atoms with Crippen LogP contribution in [0.15, 0.2) is 46.2 Å². The number of likely N-dealkylation sites (N-methyl/N-ethyl adjacent to an activating group) is 1. The molecule has 1 aliphatic heterocycles. The van der Waals surface area contributed by atoms with Gasteiger partial charge in [-0.25, -0.2) is 0 Å². The molecule has 0 aliphatic carbocycles. The Morgan fingerprint density at radius 3 is 2.64 bits per heavy atom. The standard InChI is InChI=1S/C12H15NS/c1-13-9-7-12(8-10-13)14-11-5-3-2-4-6-11/h2-7H,8-10H2,1H3. The maximum Gasteiger partial charge on any atom is 0.0171 e. The molecule has 0 saturated carbocycles. The molecule has 2 heteroatoms. The molecule has 1 aromatic carbocycles. The molecule has 1 heterocycles. The fourth-order valence-corrected chi connectivity index (χ4v) is 2.43. The number of nitrogens with zero attached hydrogens (tertiary/aromatic N) is 1. The van der Waals surface area contributed by atoms with Crippen LogP contribution >= 0.6 is 11.8 Å². The van der Waals surface area contributed by atoms with Gasteiger partial charge in [-0.3, -0.25) is 0 Å². The SMILES string of the molecule is CN1CC=C(Sc2ccccc2)CC1. The molecule has 14 heavy (non-hydrogen) atoms. The summed E-state index contributed by atoms with van der Waals surface area (Å²) in [7, 11) is 2.17. The summed E-state index contributed by atoms with van der Waals surface area (Å²) in [5.74, 6) is 0. The third-order valence-electron chi connectivity index (χ3n) is 2.36. The monoisotopic (exact) mass is 205 g/mol. The van der Waals surface area contributed by atoms with Crippen LogP contribution in [-0.2, 0) is 0 Å². The maximum atomic E-state index is 2.34. The molecule has 0 fully saturated rings. The van der Waals surface area contributed by atoms with Crippen molar-refractivity contribution in [2.45, 2.75) is 11.3 Å². The Kier molecular flexibility index (Phi) is 3.27. The van der Waals surface area contributed by atoms with Gasteiger partial charge in [0.15, 0.2) is 0 Å². The molecule has 1 aliphatic rings. The molecular weight excluding hydrogens is 190 g/mol. The van der Waals surface area contributed by atoms with Crippen molar-refractivity contribution in [2.75, 3.05) is 20.1 Å². The first-order chi connectivity index (χ1) is 6.84. The minimum absolute atomic E-state index is 1.09. The molecule has 1 nitrogen and oxygen atoms in total. The van der Waals surface area contributed by atoms with E-state index >= 15 is 0 Å². The fourth-order valence-electron chi connectivity index (χ4n) is 1.48. The highest BCUT2D eigenvalue weighted by atomic mass is 32.2. The van der Waals surface area contributed by atoms with E-state index in [2.05, 4.69) is 48.4 Å². The smallest absolute Gasteiger partial charge is 0.0171 e. The van der Waals surface area contributed by atoms with Gasteiger partial charge in [0.1, 0.15) is 0 Å². The van der Waals surface area contributed by atoms with Crippen LogP contribution in [0, 0.1) is 0 Å². The normalized spacial score (nSPS) is 17.9. The summed E-state index contributed by atoms with van der Waals surface area (Å²) in [6.07, 6.45) is 3.53. The lowest BCUT2D eigenvalue weighted by Gasteiger charge is -2.21. The molecule has 74 valence electrons. The average Bonchev–Trinajstić information content (AvgIpc) is 2.23. The molecule has 0 amide bonds. The van der Waals surface area contributed by atoms with E-state index in [0.29, 0.717) is 0 Å². The van der Waals surface area contributed by atoms with Gasteiger partial charge in [-0.2, -0.15) is 0 Å². The first-order valence-corrected chi connectivity index (χ1v) is 5.77. The van der Waals surface area contributed by atoms with Crippen molar-refractivity contribution in [1.82, 2.24) is 4.90 Å². The van der Waals surface area contributed by atoms with Crippen LogP contribution in [0.1, 0.15) is 6.42 Å². The molecular formula is C12H15NS. The summed E-state index contributed by atoms with van der Waals surface area (Å²) >= 11 is 1.90. The molecule has 0 bridgehead atoms. The predicted molar refractivity (Wildman–Crippen MR) is 62.5 cm³/mol. The first kappa shape index (κ1) is 9.81. The highest BCUT2D eigenvalue weighted by Crippen LogP contribution is 2.29. The number of benzene rings is 1. The first-order valence-electron chi connectivity index (χ1n) is 4.95. The Labute approximate surface area is 89.8 Å². The largest absolute Gasteiger partial charge is 0.302 e. The number of hydrogen-bond acceptors (Lipinski definition) is 2. The second kappa shape index (κ2) is 4.67. The van der Waals surface area contributed by atoms with Crippen molar-refractivity contribution in [1.29, 1.82) is 0 Å². The van der Waals surface area contributed by atoms with Crippen LogP contribution in [0.4, 0.5) is 0 Å². The van der Waals surface area contributed by atoms with E-state index in [0.717, 1.165) is 6.54 Å². The van der Waals surface area contributed by atoms with Gasteiger partial charge in [0.25, 0.3) is 0 Å². The highest BCUT2D eigenvalue weighted by molar-refractivity contribution is 8.03. The molecule has 1 aromatic rings. The summed E-state index contributed by atoms with van der Waals surface area (Å²) in [4.78, 5) is 5.20. The zero-order valence-electron chi connectivity index (χ0n) is 8.44. The molecule has 0 N–H and O–H groups in total. The Bertz CT molecular complexity index is 318. The minimum Gasteiger partial charge on any atom is -0.302 e. The van der Waals surface area contributed by atoms with E-state index in [9.17, 15) is 0 Å². The number of thioether (sulfide) groups is 1. The maximum absolute atomic E-state index is 2.34. The van der Waals surface area contributed by atoms with Crippen LogP contribution in [0.3, 0.4) is 0 Å². The van der Waals surface area contributed by atoms with Crippen LogP contribution < -0.4 is 0 Å². The van der Waals surface area contributed by atoms with Crippen molar-refractivity contribution < 1.29 is 0 Å². The zero-order chi connectivity index (χ0) is 9.80. The topological polar surface area (TPSA) is 3.24 Å². The lowest BCUT2D eigenvalue weighted by molar-refractivity contribution is 0.364. The van der Waals surface area contributed by atoms with Gasteiger partial charge in [0.2, 0.25) is 0 Å². The minimum atomic E-state index is 1.09. The van der Waals surface area contributed by atoms with Gasteiger partial charge in [0, 0.05) is 18.0 Å². The van der Waals surface area contributed by atoms with Crippen LogP contribution in [0.5, 0.6) is 0 Å². The summed E-state index contributed by atoms with van der Waals surface area (Å²) in [6, 6.07) is 10.6. The highest BCUT2D eigenvalue weighted by Gasteiger charge is 2.08. The van der Waals surface area contributed by atoms with Gasteiger partial charge < -0.3 is 4.90 Å². The second-order valence-electron chi connectivity index (χ2n) is 3.60. The Morgan fingerprint density at radius 2 is 2.00 bits per heavy atom. The van der Waals surface area contributed by atoms with E-state index in [1.165, 1.54) is 22.8 Å². The van der Waals surface area contributed by atoms with Gasteiger partial charge in [-0.15, -0.1) is 0 Å². The second-order valence-corrected chi connectivity index (χ2v) is 4.80. The number of rotatable bonds is 2. The lowest BCUT2D eigenvalue weighted by atomic mass is 10.3. The lowest BCUT2D eigenvalue weighted by Crippen LogP contribution is -2.23. The molecule has 0 spiro atoms. The van der Waals surface area contributed by atoms with E-state index in [4.69, 9.17) is 0 Å². The molecule has 2 rings (SSSR count). The Hall–Kier alpha value is -0.730. The van der Waals surface area contributed by atoms with Crippen molar-refractivity contribution >= 4 is 11.8 Å². The molecule has 0 saturated heterocycles. The van der Waals surface area contributed by atoms with Crippen molar-refractivity contribution in [3.63, 3.8) is 0 Å².